The Balaban J connectivity index is 1.98. The number of aliphatic hydroxyl groups excluding tert-OH is 1. The number of hydrogen-bond donors (Lipinski definition) is 3. The third-order valence-corrected chi connectivity index (χ3v) is 2.82. The largest absolute Gasteiger partial charge is 0.507 e. The van der Waals surface area contributed by atoms with E-state index in [1.165, 1.54) is 48.7 Å². The summed E-state index contributed by atoms with van der Waals surface area (Å²) < 4.78 is 17.9. The van der Waals surface area contributed by atoms with Crippen LogP contribution in [0.5, 0.6) is 11.5 Å². The first kappa shape index (κ1) is 16.4. The van der Waals surface area contributed by atoms with Gasteiger partial charge in [-0.2, -0.15) is 5.10 Å². The van der Waals surface area contributed by atoms with E-state index in [0.29, 0.717) is 11.3 Å². The molecule has 0 bridgehead atoms. The van der Waals surface area contributed by atoms with E-state index in [-0.39, 0.29) is 30.3 Å². The predicted molar refractivity (Wildman–Crippen MR) is 82.1 cm³/mol. The lowest BCUT2D eigenvalue weighted by molar-refractivity contribution is 0.0952. The van der Waals surface area contributed by atoms with Crippen molar-refractivity contribution < 1.29 is 24.1 Å². The Morgan fingerprint density at radius 2 is 2.00 bits per heavy atom. The molecule has 0 unspecified atom stereocenters. The molecule has 3 N–H and O–H groups in total. The number of phenols is 1. The van der Waals surface area contributed by atoms with Crippen molar-refractivity contribution in [2.45, 2.75) is 0 Å². The van der Waals surface area contributed by atoms with Gasteiger partial charge in [0, 0.05) is 6.07 Å². The number of phenolic OH excluding ortho intramolecular Hbond substituents is 1. The first-order valence-electron chi connectivity index (χ1n) is 6.76. The number of aromatic hydroxyl groups is 1. The predicted octanol–water partition coefficient (Wildman–Crippen LogP) is 1.67. The van der Waals surface area contributed by atoms with Crippen LogP contribution in [0.2, 0.25) is 0 Å². The molecule has 0 fully saturated rings. The average molecular weight is 318 g/mol. The molecule has 0 heterocycles. The number of nitrogens with zero attached hydrogens (tertiary/aromatic N) is 1. The molecular weight excluding hydrogens is 303 g/mol. The van der Waals surface area contributed by atoms with Gasteiger partial charge in [0.1, 0.15) is 23.9 Å². The molecule has 0 aliphatic rings. The first-order valence-corrected chi connectivity index (χ1v) is 6.76. The van der Waals surface area contributed by atoms with E-state index in [2.05, 4.69) is 10.5 Å². The van der Waals surface area contributed by atoms with Gasteiger partial charge >= 0.3 is 0 Å². The van der Waals surface area contributed by atoms with Gasteiger partial charge in [-0.1, -0.05) is 12.1 Å². The number of rotatable bonds is 6. The van der Waals surface area contributed by atoms with Gasteiger partial charge in [-0.25, -0.2) is 9.82 Å². The molecule has 0 aliphatic heterocycles. The Morgan fingerprint density at radius 1 is 1.26 bits per heavy atom. The van der Waals surface area contributed by atoms with Crippen molar-refractivity contribution in [1.29, 1.82) is 0 Å². The van der Waals surface area contributed by atoms with Gasteiger partial charge < -0.3 is 14.9 Å². The highest BCUT2D eigenvalue weighted by Gasteiger charge is 2.11. The van der Waals surface area contributed by atoms with E-state index in [1.54, 1.807) is 0 Å². The van der Waals surface area contributed by atoms with E-state index in [9.17, 15) is 14.3 Å². The van der Waals surface area contributed by atoms with Gasteiger partial charge in [0.2, 0.25) is 0 Å². The monoisotopic (exact) mass is 318 g/mol. The van der Waals surface area contributed by atoms with E-state index in [0.717, 1.165) is 0 Å². The van der Waals surface area contributed by atoms with Gasteiger partial charge in [-0.05, 0) is 29.8 Å². The molecule has 1 amide bonds. The minimum absolute atomic E-state index is 0.0256. The molecular formula is C16H15FN2O4. The van der Waals surface area contributed by atoms with Crippen molar-refractivity contribution in [3.05, 3.63) is 59.4 Å². The number of hydrazone groups is 1. The molecule has 120 valence electrons. The fraction of sp³-hybridized carbons (Fsp3) is 0.125. The highest BCUT2D eigenvalue weighted by atomic mass is 19.1. The zero-order chi connectivity index (χ0) is 16.7. The van der Waals surface area contributed by atoms with Gasteiger partial charge in [-0.3, -0.25) is 4.79 Å². The maximum absolute atomic E-state index is 12.7. The van der Waals surface area contributed by atoms with Crippen molar-refractivity contribution >= 4 is 12.1 Å². The molecule has 0 atom stereocenters. The zero-order valence-corrected chi connectivity index (χ0v) is 12.1. The van der Waals surface area contributed by atoms with Crippen LogP contribution in [0.25, 0.3) is 0 Å². The fourth-order valence-electron chi connectivity index (χ4n) is 1.73. The summed E-state index contributed by atoms with van der Waals surface area (Å²) in [5.41, 5.74) is 2.90. The molecule has 23 heavy (non-hydrogen) atoms. The molecule has 0 saturated carbocycles. The van der Waals surface area contributed by atoms with Crippen LogP contribution in [-0.2, 0) is 0 Å². The summed E-state index contributed by atoms with van der Waals surface area (Å²) in [6, 6.07) is 9.72. The lowest BCUT2D eigenvalue weighted by atomic mass is 10.2. The molecule has 0 aliphatic carbocycles. The lowest BCUT2D eigenvalue weighted by Gasteiger charge is -2.07. The normalized spacial score (nSPS) is 10.7. The summed E-state index contributed by atoms with van der Waals surface area (Å²) >= 11 is 0. The number of nitrogens with one attached hydrogen (secondary N) is 1. The minimum Gasteiger partial charge on any atom is -0.507 e. The van der Waals surface area contributed by atoms with Crippen LogP contribution in [0.4, 0.5) is 4.39 Å². The number of hydrogen-bond acceptors (Lipinski definition) is 5. The molecule has 2 aromatic rings. The summed E-state index contributed by atoms with van der Waals surface area (Å²) in [5, 5.41) is 22.2. The van der Waals surface area contributed by atoms with Crippen LogP contribution in [0.1, 0.15) is 15.9 Å². The van der Waals surface area contributed by atoms with E-state index < -0.39 is 5.91 Å². The van der Waals surface area contributed by atoms with Crippen LogP contribution in [0.3, 0.4) is 0 Å². The zero-order valence-electron chi connectivity index (χ0n) is 12.1. The maximum atomic E-state index is 12.7. The van der Waals surface area contributed by atoms with Gasteiger partial charge in [-0.15, -0.1) is 0 Å². The van der Waals surface area contributed by atoms with Gasteiger partial charge in [0.25, 0.3) is 5.91 Å². The third kappa shape index (κ3) is 4.79. The average Bonchev–Trinajstić information content (AvgIpc) is 2.54. The van der Waals surface area contributed by atoms with Crippen LogP contribution >= 0.6 is 0 Å². The second kappa shape index (κ2) is 7.90. The van der Waals surface area contributed by atoms with Crippen LogP contribution in [-0.4, -0.2) is 35.5 Å². The summed E-state index contributed by atoms with van der Waals surface area (Å²) in [6.45, 7) is -0.0615. The SMILES string of the molecule is O=C(N/N=C/c1ccc(F)cc1)c1ccc(OCCO)cc1O. The number of halogens is 1. The molecule has 2 aromatic carbocycles. The fourth-order valence-corrected chi connectivity index (χ4v) is 1.73. The topological polar surface area (TPSA) is 91.2 Å². The third-order valence-electron chi connectivity index (χ3n) is 2.82. The summed E-state index contributed by atoms with van der Waals surface area (Å²) in [7, 11) is 0. The van der Waals surface area contributed by atoms with Crippen molar-refractivity contribution in [3.8, 4) is 11.5 Å². The highest BCUT2D eigenvalue weighted by Crippen LogP contribution is 2.23. The number of ether oxygens (including phenoxy) is 1. The maximum Gasteiger partial charge on any atom is 0.275 e. The Bertz CT molecular complexity index is 702. The molecule has 0 spiro atoms. The number of benzene rings is 2. The number of carbonyl (C=O) groups excluding carboxylic acids is 1. The van der Waals surface area contributed by atoms with Gasteiger partial charge in [0.15, 0.2) is 0 Å². The number of aliphatic hydroxyl groups is 1. The molecule has 2 rings (SSSR count). The highest BCUT2D eigenvalue weighted by molar-refractivity contribution is 5.97. The smallest absolute Gasteiger partial charge is 0.275 e. The first-order chi connectivity index (χ1) is 11.1. The molecule has 0 radical (unpaired) electrons. The second-order valence-corrected chi connectivity index (χ2v) is 4.50. The Kier molecular flexibility index (Phi) is 5.65. The van der Waals surface area contributed by atoms with Gasteiger partial charge in [0.05, 0.1) is 18.4 Å². The second-order valence-electron chi connectivity index (χ2n) is 4.50. The van der Waals surface area contributed by atoms with Crippen molar-refractivity contribution in [2.75, 3.05) is 13.2 Å². The Hall–Kier alpha value is -2.93. The van der Waals surface area contributed by atoms with Crippen molar-refractivity contribution in [3.63, 3.8) is 0 Å². The summed E-state index contributed by atoms with van der Waals surface area (Å²) in [5.74, 6) is -0.896. The quantitative estimate of drug-likeness (QED) is 0.558. The Morgan fingerprint density at radius 3 is 2.65 bits per heavy atom. The number of amides is 1. The summed E-state index contributed by atoms with van der Waals surface area (Å²) in [4.78, 5) is 11.9. The lowest BCUT2D eigenvalue weighted by Crippen LogP contribution is -2.17. The van der Waals surface area contributed by atoms with Crippen LogP contribution in [0, 0.1) is 5.82 Å². The summed E-state index contributed by atoms with van der Waals surface area (Å²) in [6.07, 6.45) is 1.35. The Labute approximate surface area is 131 Å². The van der Waals surface area contributed by atoms with E-state index >= 15 is 0 Å². The van der Waals surface area contributed by atoms with E-state index in [1.807, 2.05) is 0 Å². The molecule has 7 heteroatoms. The molecule has 6 nitrogen and oxygen atoms in total. The number of carbonyl (C=O) groups is 1. The van der Waals surface area contributed by atoms with Crippen LogP contribution < -0.4 is 10.2 Å². The van der Waals surface area contributed by atoms with E-state index in [4.69, 9.17) is 9.84 Å². The van der Waals surface area contributed by atoms with Crippen molar-refractivity contribution in [2.24, 2.45) is 5.10 Å². The van der Waals surface area contributed by atoms with Crippen LogP contribution in [0.15, 0.2) is 47.6 Å². The minimum atomic E-state index is -0.602. The molecule has 0 saturated heterocycles. The molecule has 0 aromatic heterocycles. The standard InChI is InChI=1S/C16H15FN2O4/c17-12-3-1-11(2-4-12)10-18-19-16(22)14-6-5-13(9-15(14)21)23-8-7-20/h1-6,9-10,20-21H,7-8H2,(H,19,22)/b18-10+. The van der Waals surface area contributed by atoms with Crippen molar-refractivity contribution in [1.82, 2.24) is 5.43 Å².